The molecule has 5 heteroatoms. The van der Waals surface area contributed by atoms with Gasteiger partial charge in [0.1, 0.15) is 9.47 Å². The van der Waals surface area contributed by atoms with Crippen molar-refractivity contribution < 1.29 is 0 Å². The molecule has 2 nitrogen and oxygen atoms in total. The number of rotatable bonds is 2. The molecule has 0 unspecified atom stereocenters. The molecule has 0 amide bonds. The van der Waals surface area contributed by atoms with Crippen molar-refractivity contribution >= 4 is 40.8 Å². The van der Waals surface area contributed by atoms with E-state index in [-0.39, 0.29) is 0 Å². The third kappa shape index (κ3) is 3.38. The van der Waals surface area contributed by atoms with Gasteiger partial charge in [0.15, 0.2) is 0 Å². The summed E-state index contributed by atoms with van der Waals surface area (Å²) in [6, 6.07) is 3.62. The van der Waals surface area contributed by atoms with Crippen LogP contribution in [0.5, 0.6) is 0 Å². The minimum Gasteiger partial charge on any atom is -0.367 e. The third-order valence-corrected chi connectivity index (χ3v) is 1.76. The Labute approximate surface area is 86.7 Å². The van der Waals surface area contributed by atoms with Crippen LogP contribution in [0.25, 0.3) is 0 Å². The van der Waals surface area contributed by atoms with Crippen LogP contribution in [-0.2, 0) is 6.54 Å². The average Bonchev–Trinajstić information content (AvgIpc) is 2.03. The molecule has 0 atom stereocenters. The van der Waals surface area contributed by atoms with Crippen molar-refractivity contribution in [2.24, 2.45) is 0 Å². The number of hydrogen-bond acceptors (Lipinski definition) is 2. The summed E-state index contributed by atoms with van der Waals surface area (Å²) in [5.74, 6) is 0. The first-order valence-corrected chi connectivity index (χ1v) is 4.49. The number of halogens is 1. The van der Waals surface area contributed by atoms with Crippen molar-refractivity contribution in [2.75, 3.05) is 0 Å². The maximum atomic E-state index is 5.60. The number of nitrogens with one attached hydrogen (secondary N) is 1. The SMILES string of the molecule is S=C(S)NCc1ccc(Cl)nc1. The first kappa shape index (κ1) is 9.77. The Bertz CT molecular complexity index is 273. The molecule has 1 aromatic rings. The highest BCUT2D eigenvalue weighted by molar-refractivity contribution is 8.11. The van der Waals surface area contributed by atoms with Crippen LogP contribution in [0.4, 0.5) is 0 Å². The lowest BCUT2D eigenvalue weighted by molar-refractivity contribution is 0.930. The predicted octanol–water partition coefficient (Wildman–Crippen LogP) is 2.04. The van der Waals surface area contributed by atoms with Crippen molar-refractivity contribution in [3.63, 3.8) is 0 Å². The van der Waals surface area contributed by atoms with E-state index < -0.39 is 0 Å². The van der Waals surface area contributed by atoms with Crippen molar-refractivity contribution in [1.29, 1.82) is 0 Å². The molecule has 0 saturated carbocycles. The first-order chi connectivity index (χ1) is 5.68. The van der Waals surface area contributed by atoms with Crippen LogP contribution in [0.15, 0.2) is 18.3 Å². The summed E-state index contributed by atoms with van der Waals surface area (Å²) in [5.41, 5.74) is 1.02. The summed E-state index contributed by atoms with van der Waals surface area (Å²) < 4.78 is 0.477. The quantitative estimate of drug-likeness (QED) is 0.452. The fourth-order valence-electron chi connectivity index (χ4n) is 0.689. The third-order valence-electron chi connectivity index (χ3n) is 1.23. The molecule has 1 N–H and O–H groups in total. The second-order valence-electron chi connectivity index (χ2n) is 2.15. The summed E-state index contributed by atoms with van der Waals surface area (Å²) in [7, 11) is 0. The molecule has 0 bridgehead atoms. The highest BCUT2D eigenvalue weighted by atomic mass is 35.5. The topological polar surface area (TPSA) is 24.9 Å². The molecule has 0 aromatic carbocycles. The molecule has 0 fully saturated rings. The van der Waals surface area contributed by atoms with Gasteiger partial charge in [-0.25, -0.2) is 4.98 Å². The molecular formula is C7H7ClN2S2. The van der Waals surface area contributed by atoms with Gasteiger partial charge in [0, 0.05) is 12.7 Å². The van der Waals surface area contributed by atoms with E-state index in [1.165, 1.54) is 0 Å². The molecule has 1 aromatic heterocycles. The van der Waals surface area contributed by atoms with Gasteiger partial charge in [-0.3, -0.25) is 0 Å². The van der Waals surface area contributed by atoms with Crippen LogP contribution in [0.2, 0.25) is 5.15 Å². The zero-order valence-corrected chi connectivity index (χ0v) is 8.59. The van der Waals surface area contributed by atoms with Crippen molar-refractivity contribution in [1.82, 2.24) is 10.3 Å². The van der Waals surface area contributed by atoms with Crippen LogP contribution < -0.4 is 5.32 Å². The number of nitrogens with zero attached hydrogens (tertiary/aromatic N) is 1. The van der Waals surface area contributed by atoms with Gasteiger partial charge in [-0.15, -0.1) is 12.6 Å². The lowest BCUT2D eigenvalue weighted by atomic mass is 10.3. The summed E-state index contributed by atoms with van der Waals surface area (Å²) in [6.45, 7) is 0.631. The van der Waals surface area contributed by atoms with E-state index >= 15 is 0 Å². The summed E-state index contributed by atoms with van der Waals surface area (Å²) in [5, 5.41) is 3.39. The molecule has 12 heavy (non-hydrogen) atoms. The Kier molecular flexibility index (Phi) is 3.78. The molecule has 1 heterocycles. The summed E-state index contributed by atoms with van der Waals surface area (Å²) in [4.78, 5) is 3.91. The van der Waals surface area contributed by atoms with Gasteiger partial charge in [0.05, 0.1) is 0 Å². The second kappa shape index (κ2) is 4.64. The van der Waals surface area contributed by atoms with Crippen LogP contribution in [0.3, 0.4) is 0 Å². The Morgan fingerprint density at radius 1 is 1.67 bits per heavy atom. The largest absolute Gasteiger partial charge is 0.367 e. The maximum Gasteiger partial charge on any atom is 0.130 e. The second-order valence-corrected chi connectivity index (χ2v) is 3.69. The van der Waals surface area contributed by atoms with Gasteiger partial charge in [-0.1, -0.05) is 29.9 Å². The molecule has 0 aliphatic rings. The Balaban J connectivity index is 2.53. The van der Waals surface area contributed by atoms with E-state index in [0.29, 0.717) is 16.0 Å². The number of thiocarbonyl (C=S) groups is 1. The van der Waals surface area contributed by atoms with Crippen LogP contribution in [0.1, 0.15) is 5.56 Å². The van der Waals surface area contributed by atoms with Gasteiger partial charge >= 0.3 is 0 Å². The van der Waals surface area contributed by atoms with Gasteiger partial charge < -0.3 is 5.32 Å². The molecule has 0 saturated heterocycles. The van der Waals surface area contributed by atoms with Crippen LogP contribution in [0, 0.1) is 0 Å². The average molecular weight is 219 g/mol. The minimum atomic E-state index is 0.477. The number of hydrogen-bond donors (Lipinski definition) is 2. The predicted molar refractivity (Wildman–Crippen MR) is 57.7 cm³/mol. The smallest absolute Gasteiger partial charge is 0.130 e. The first-order valence-electron chi connectivity index (χ1n) is 3.25. The molecule has 0 spiro atoms. The van der Waals surface area contributed by atoms with E-state index in [1.54, 1.807) is 12.3 Å². The maximum absolute atomic E-state index is 5.60. The standard InChI is InChI=1S/C7H7ClN2S2/c8-6-2-1-5(3-9-6)4-10-7(11)12/h1-3H,4H2,(H2,10,11,12). The summed E-state index contributed by atoms with van der Waals surface area (Å²) >= 11 is 14.3. The molecule has 0 radical (unpaired) electrons. The fourth-order valence-corrected chi connectivity index (χ4v) is 0.952. The lowest BCUT2D eigenvalue weighted by Gasteiger charge is -2.01. The zero-order valence-electron chi connectivity index (χ0n) is 6.12. The number of aromatic nitrogens is 1. The Morgan fingerprint density at radius 3 is 2.92 bits per heavy atom. The molecule has 1 rings (SSSR count). The molecule has 0 aliphatic carbocycles. The van der Waals surface area contributed by atoms with Crippen molar-refractivity contribution in [3.05, 3.63) is 29.0 Å². The number of thiol groups is 1. The zero-order chi connectivity index (χ0) is 8.97. The molecular weight excluding hydrogens is 212 g/mol. The van der Waals surface area contributed by atoms with Crippen molar-refractivity contribution in [2.45, 2.75) is 6.54 Å². The highest BCUT2D eigenvalue weighted by Gasteiger charge is 1.93. The van der Waals surface area contributed by atoms with Gasteiger partial charge in [0.25, 0.3) is 0 Å². The van der Waals surface area contributed by atoms with E-state index in [0.717, 1.165) is 5.56 Å². The van der Waals surface area contributed by atoms with Crippen LogP contribution in [-0.4, -0.2) is 9.30 Å². The highest BCUT2D eigenvalue weighted by Crippen LogP contribution is 2.04. The van der Waals surface area contributed by atoms with E-state index in [1.807, 2.05) is 6.07 Å². The fraction of sp³-hybridized carbons (Fsp3) is 0.143. The van der Waals surface area contributed by atoms with E-state index in [9.17, 15) is 0 Å². The van der Waals surface area contributed by atoms with Crippen molar-refractivity contribution in [3.8, 4) is 0 Å². The molecule has 0 aliphatic heterocycles. The monoisotopic (exact) mass is 218 g/mol. The Morgan fingerprint density at radius 2 is 2.42 bits per heavy atom. The minimum absolute atomic E-state index is 0.477. The molecule has 64 valence electrons. The van der Waals surface area contributed by atoms with Gasteiger partial charge in [0.2, 0.25) is 0 Å². The van der Waals surface area contributed by atoms with Gasteiger partial charge in [-0.05, 0) is 11.6 Å². The normalized spacial score (nSPS) is 9.50. The summed E-state index contributed by atoms with van der Waals surface area (Å²) in [6.07, 6.45) is 1.70. The lowest BCUT2D eigenvalue weighted by Crippen LogP contribution is -2.15. The van der Waals surface area contributed by atoms with Gasteiger partial charge in [-0.2, -0.15) is 0 Å². The van der Waals surface area contributed by atoms with Crippen LogP contribution >= 0.6 is 36.4 Å². The van der Waals surface area contributed by atoms with E-state index in [4.69, 9.17) is 23.8 Å². The van der Waals surface area contributed by atoms with E-state index in [2.05, 4.69) is 22.9 Å². The number of pyridine rings is 1. The Hall–Kier alpha value is -0.320.